The standard InChI is InChI=1S/C25H33N3O3/c1-17(2)15-20-5-7-21(8-6-20)19(4)26-24(29)25(30)27-23-10-9-22(16-18(23)3)28-11-13-31-14-12-28/h5-10,16-17,19H,11-15H2,1-4H3,(H,26,29)(H,27,30)/t19-/m0/s1. The van der Waals surface area contributed by atoms with Crippen molar-refractivity contribution in [3.8, 4) is 0 Å². The Bertz CT molecular complexity index is 903. The van der Waals surface area contributed by atoms with Gasteiger partial charge in [0.25, 0.3) is 0 Å². The molecule has 2 N–H and O–H groups in total. The van der Waals surface area contributed by atoms with Gasteiger partial charge in [0, 0.05) is 24.5 Å². The van der Waals surface area contributed by atoms with Gasteiger partial charge in [0.2, 0.25) is 0 Å². The fraction of sp³-hybridized carbons (Fsp3) is 0.440. The Morgan fingerprint density at radius 1 is 1.00 bits per heavy atom. The van der Waals surface area contributed by atoms with Crippen molar-refractivity contribution >= 4 is 23.2 Å². The smallest absolute Gasteiger partial charge is 0.313 e. The molecule has 3 rings (SSSR count). The summed E-state index contributed by atoms with van der Waals surface area (Å²) >= 11 is 0. The highest BCUT2D eigenvalue weighted by Crippen LogP contribution is 2.23. The maximum absolute atomic E-state index is 12.4. The molecule has 1 saturated heterocycles. The van der Waals surface area contributed by atoms with Gasteiger partial charge in [-0.3, -0.25) is 9.59 Å². The molecule has 31 heavy (non-hydrogen) atoms. The van der Waals surface area contributed by atoms with Crippen molar-refractivity contribution in [3.05, 3.63) is 59.2 Å². The number of aryl methyl sites for hydroxylation is 1. The number of carbonyl (C=O) groups is 2. The minimum atomic E-state index is -0.662. The van der Waals surface area contributed by atoms with E-state index in [1.165, 1.54) is 5.56 Å². The van der Waals surface area contributed by atoms with Crippen molar-refractivity contribution in [2.75, 3.05) is 36.5 Å². The zero-order valence-electron chi connectivity index (χ0n) is 18.9. The van der Waals surface area contributed by atoms with Gasteiger partial charge in [-0.05, 0) is 61.1 Å². The molecule has 2 amide bonds. The fourth-order valence-corrected chi connectivity index (χ4v) is 3.74. The number of ether oxygens (including phenoxy) is 1. The maximum atomic E-state index is 12.4. The molecule has 166 valence electrons. The molecule has 1 atom stereocenters. The van der Waals surface area contributed by atoms with E-state index in [9.17, 15) is 9.59 Å². The zero-order chi connectivity index (χ0) is 22.4. The minimum absolute atomic E-state index is 0.254. The van der Waals surface area contributed by atoms with Gasteiger partial charge in [0.15, 0.2) is 0 Å². The third-order valence-corrected chi connectivity index (χ3v) is 5.51. The number of carbonyl (C=O) groups excluding carboxylic acids is 2. The van der Waals surface area contributed by atoms with Crippen LogP contribution in [0.3, 0.4) is 0 Å². The maximum Gasteiger partial charge on any atom is 0.313 e. The summed E-state index contributed by atoms with van der Waals surface area (Å²) in [6, 6.07) is 13.8. The molecule has 1 fully saturated rings. The van der Waals surface area contributed by atoms with Crippen LogP contribution in [0, 0.1) is 12.8 Å². The van der Waals surface area contributed by atoms with Crippen molar-refractivity contribution < 1.29 is 14.3 Å². The minimum Gasteiger partial charge on any atom is -0.378 e. The van der Waals surface area contributed by atoms with Crippen LogP contribution < -0.4 is 15.5 Å². The average molecular weight is 424 g/mol. The van der Waals surface area contributed by atoms with Gasteiger partial charge >= 0.3 is 11.8 Å². The van der Waals surface area contributed by atoms with E-state index in [2.05, 4.69) is 41.5 Å². The van der Waals surface area contributed by atoms with E-state index in [1.54, 1.807) is 0 Å². The molecule has 0 radical (unpaired) electrons. The molecule has 6 nitrogen and oxygen atoms in total. The Morgan fingerprint density at radius 2 is 1.68 bits per heavy atom. The van der Waals surface area contributed by atoms with Crippen LogP contribution in [0.1, 0.15) is 43.5 Å². The molecule has 2 aromatic carbocycles. The molecule has 2 aromatic rings. The first-order valence-corrected chi connectivity index (χ1v) is 11.0. The summed E-state index contributed by atoms with van der Waals surface area (Å²) in [5.41, 5.74) is 4.89. The Morgan fingerprint density at radius 3 is 2.29 bits per heavy atom. The first-order valence-electron chi connectivity index (χ1n) is 11.0. The van der Waals surface area contributed by atoms with Crippen LogP contribution in [0.2, 0.25) is 0 Å². The molecular weight excluding hydrogens is 390 g/mol. The quantitative estimate of drug-likeness (QED) is 0.693. The van der Waals surface area contributed by atoms with Crippen molar-refractivity contribution in [2.24, 2.45) is 5.92 Å². The van der Waals surface area contributed by atoms with Crippen LogP contribution in [-0.2, 0) is 20.7 Å². The first kappa shape index (κ1) is 22.8. The van der Waals surface area contributed by atoms with Gasteiger partial charge < -0.3 is 20.3 Å². The van der Waals surface area contributed by atoms with E-state index in [4.69, 9.17) is 4.74 Å². The predicted octanol–water partition coefficient (Wildman–Crippen LogP) is 3.85. The Kier molecular flexibility index (Phi) is 7.69. The van der Waals surface area contributed by atoms with Crippen molar-refractivity contribution in [1.29, 1.82) is 0 Å². The van der Waals surface area contributed by atoms with Gasteiger partial charge in [-0.25, -0.2) is 0 Å². The van der Waals surface area contributed by atoms with Gasteiger partial charge in [0.05, 0.1) is 19.3 Å². The number of benzene rings is 2. The van der Waals surface area contributed by atoms with E-state index in [1.807, 2.05) is 44.2 Å². The highest BCUT2D eigenvalue weighted by molar-refractivity contribution is 6.39. The van der Waals surface area contributed by atoms with E-state index in [-0.39, 0.29) is 6.04 Å². The third-order valence-electron chi connectivity index (χ3n) is 5.51. The van der Waals surface area contributed by atoms with E-state index < -0.39 is 11.8 Å². The molecule has 0 bridgehead atoms. The molecule has 1 aliphatic heterocycles. The zero-order valence-corrected chi connectivity index (χ0v) is 18.9. The van der Waals surface area contributed by atoms with Gasteiger partial charge in [-0.2, -0.15) is 0 Å². The predicted molar refractivity (Wildman–Crippen MR) is 124 cm³/mol. The first-order chi connectivity index (χ1) is 14.8. The highest BCUT2D eigenvalue weighted by Gasteiger charge is 2.19. The fourth-order valence-electron chi connectivity index (χ4n) is 3.74. The van der Waals surface area contributed by atoms with E-state index in [0.717, 1.165) is 49.5 Å². The summed E-state index contributed by atoms with van der Waals surface area (Å²) in [5, 5.41) is 5.52. The lowest BCUT2D eigenvalue weighted by Gasteiger charge is -2.29. The van der Waals surface area contributed by atoms with Crippen LogP contribution in [0.5, 0.6) is 0 Å². The van der Waals surface area contributed by atoms with E-state index >= 15 is 0 Å². The largest absolute Gasteiger partial charge is 0.378 e. The Labute approximate surface area is 185 Å². The molecule has 0 spiro atoms. The molecule has 0 aliphatic carbocycles. The SMILES string of the molecule is Cc1cc(N2CCOCC2)ccc1NC(=O)C(=O)N[C@@H](C)c1ccc(CC(C)C)cc1. The third kappa shape index (κ3) is 6.31. The Balaban J connectivity index is 1.56. The summed E-state index contributed by atoms with van der Waals surface area (Å²) in [7, 11) is 0. The van der Waals surface area contributed by atoms with Crippen molar-refractivity contribution in [2.45, 2.75) is 40.2 Å². The van der Waals surface area contributed by atoms with Gasteiger partial charge in [-0.15, -0.1) is 0 Å². The number of hydrogen-bond donors (Lipinski definition) is 2. The molecule has 0 aromatic heterocycles. The highest BCUT2D eigenvalue weighted by atomic mass is 16.5. The van der Waals surface area contributed by atoms with Crippen LogP contribution in [0.15, 0.2) is 42.5 Å². The van der Waals surface area contributed by atoms with Gasteiger partial charge in [-0.1, -0.05) is 38.1 Å². The number of amides is 2. The number of rotatable bonds is 6. The molecule has 0 saturated carbocycles. The normalized spacial score (nSPS) is 14.9. The van der Waals surface area contributed by atoms with Gasteiger partial charge in [0.1, 0.15) is 0 Å². The molecule has 1 heterocycles. The van der Waals surface area contributed by atoms with Crippen LogP contribution in [-0.4, -0.2) is 38.1 Å². The van der Waals surface area contributed by atoms with Crippen LogP contribution >= 0.6 is 0 Å². The topological polar surface area (TPSA) is 70.7 Å². The van der Waals surface area contributed by atoms with Crippen molar-refractivity contribution in [1.82, 2.24) is 5.32 Å². The summed E-state index contributed by atoms with van der Waals surface area (Å²) in [6.07, 6.45) is 1.02. The lowest BCUT2D eigenvalue weighted by atomic mass is 10.00. The number of nitrogens with one attached hydrogen (secondary N) is 2. The second-order valence-electron chi connectivity index (χ2n) is 8.59. The molecule has 6 heteroatoms. The number of hydrogen-bond acceptors (Lipinski definition) is 4. The summed E-state index contributed by atoms with van der Waals surface area (Å²) in [4.78, 5) is 27.1. The summed E-state index contributed by atoms with van der Waals surface area (Å²) < 4.78 is 5.40. The van der Waals surface area contributed by atoms with E-state index in [0.29, 0.717) is 11.6 Å². The number of anilines is 2. The average Bonchev–Trinajstić information content (AvgIpc) is 2.75. The molecular formula is C25H33N3O3. The van der Waals surface area contributed by atoms with Crippen LogP contribution in [0.4, 0.5) is 11.4 Å². The van der Waals surface area contributed by atoms with Crippen LogP contribution in [0.25, 0.3) is 0 Å². The monoisotopic (exact) mass is 423 g/mol. The lowest BCUT2D eigenvalue weighted by Crippen LogP contribution is -2.37. The Hall–Kier alpha value is -2.86. The number of morpholine rings is 1. The molecule has 1 aliphatic rings. The second kappa shape index (κ2) is 10.4. The summed E-state index contributed by atoms with van der Waals surface area (Å²) in [6.45, 7) is 11.3. The second-order valence-corrected chi connectivity index (χ2v) is 8.59. The van der Waals surface area contributed by atoms with Crippen molar-refractivity contribution in [3.63, 3.8) is 0 Å². The lowest BCUT2D eigenvalue weighted by molar-refractivity contribution is -0.136. The number of nitrogens with zero attached hydrogens (tertiary/aromatic N) is 1. The summed E-state index contributed by atoms with van der Waals surface area (Å²) in [5.74, 6) is -0.709. The molecule has 0 unspecified atom stereocenters.